The topological polar surface area (TPSA) is 74.5 Å². The number of halogens is 1. The average molecular weight is 374 g/mol. The first-order valence-corrected chi connectivity index (χ1v) is 8.94. The van der Waals surface area contributed by atoms with Gasteiger partial charge in [0.25, 0.3) is 0 Å². The summed E-state index contributed by atoms with van der Waals surface area (Å²) in [5.41, 5.74) is 4.42. The molecule has 2 aromatic carbocycles. The zero-order valence-electron chi connectivity index (χ0n) is 13.3. The van der Waals surface area contributed by atoms with Gasteiger partial charge in [-0.25, -0.2) is 5.43 Å². The van der Waals surface area contributed by atoms with E-state index in [-0.39, 0.29) is 12.5 Å². The van der Waals surface area contributed by atoms with Gasteiger partial charge in [0.1, 0.15) is 11.8 Å². The van der Waals surface area contributed by atoms with Gasteiger partial charge in [-0.05, 0) is 47.5 Å². The molecule has 0 aliphatic heterocycles. The van der Waals surface area contributed by atoms with E-state index in [2.05, 4.69) is 10.5 Å². The first kappa shape index (κ1) is 18.8. The molecule has 5 nitrogen and oxygen atoms in total. The summed E-state index contributed by atoms with van der Waals surface area (Å²) in [6.07, 6.45) is 1.55. The highest BCUT2D eigenvalue weighted by Crippen LogP contribution is 2.15. The van der Waals surface area contributed by atoms with Crippen molar-refractivity contribution in [2.75, 3.05) is 12.4 Å². The van der Waals surface area contributed by atoms with E-state index in [1.807, 2.05) is 30.3 Å². The Bertz CT molecular complexity index is 755. The van der Waals surface area contributed by atoms with Crippen molar-refractivity contribution in [3.63, 3.8) is 0 Å². The van der Waals surface area contributed by atoms with Crippen LogP contribution in [0.5, 0.6) is 5.75 Å². The third-order valence-electron chi connectivity index (χ3n) is 3.00. The van der Waals surface area contributed by atoms with Gasteiger partial charge in [0.05, 0.1) is 12.0 Å². The van der Waals surface area contributed by atoms with Crippen LogP contribution in [0.4, 0.5) is 0 Å². The minimum Gasteiger partial charge on any atom is -0.479 e. The molecule has 0 saturated carbocycles. The quantitative estimate of drug-likeness (QED) is 0.566. The maximum atomic E-state index is 11.7. The lowest BCUT2D eigenvalue weighted by molar-refractivity contribution is -0.118. The lowest BCUT2D eigenvalue weighted by Crippen LogP contribution is -2.19. The number of nitrogens with one attached hydrogen (secondary N) is 1. The first-order valence-electron chi connectivity index (χ1n) is 7.41. The van der Waals surface area contributed by atoms with Gasteiger partial charge in [0.2, 0.25) is 5.91 Å². The van der Waals surface area contributed by atoms with Crippen molar-refractivity contribution in [3.05, 3.63) is 64.7 Å². The van der Waals surface area contributed by atoms with Crippen LogP contribution in [0.2, 0.25) is 5.02 Å². The largest absolute Gasteiger partial charge is 0.479 e. The Kier molecular flexibility index (Phi) is 7.83. The Labute approximate surface area is 155 Å². The van der Waals surface area contributed by atoms with E-state index < -0.39 is 0 Å². The number of amides is 1. The second-order valence-corrected chi connectivity index (χ2v) is 6.35. The van der Waals surface area contributed by atoms with Crippen LogP contribution in [0.15, 0.2) is 53.6 Å². The number of carbonyl (C=O) groups excluding carboxylic acids is 1. The van der Waals surface area contributed by atoms with Gasteiger partial charge in [-0.3, -0.25) is 4.79 Å². The van der Waals surface area contributed by atoms with Crippen molar-refractivity contribution in [3.8, 4) is 11.8 Å². The Hall–Kier alpha value is -2.49. The zero-order valence-corrected chi connectivity index (χ0v) is 14.9. The van der Waals surface area contributed by atoms with E-state index in [9.17, 15) is 4.79 Å². The number of thioether (sulfide) groups is 1. The Morgan fingerprint density at radius 1 is 1.24 bits per heavy atom. The van der Waals surface area contributed by atoms with Crippen LogP contribution in [0, 0.1) is 11.3 Å². The molecule has 1 amide bonds. The molecule has 0 fully saturated rings. The number of hydrogen-bond acceptors (Lipinski definition) is 5. The fourth-order valence-corrected chi connectivity index (χ4v) is 2.73. The van der Waals surface area contributed by atoms with Crippen LogP contribution in [0.1, 0.15) is 11.1 Å². The predicted molar refractivity (Wildman–Crippen MR) is 101 cm³/mol. The maximum Gasteiger partial charge on any atom is 0.250 e. The fraction of sp³-hybridized carbons (Fsp3) is 0.167. The lowest BCUT2D eigenvalue weighted by Gasteiger charge is -2.02. The summed E-state index contributed by atoms with van der Waals surface area (Å²) in [4.78, 5) is 11.7. The van der Waals surface area contributed by atoms with Gasteiger partial charge < -0.3 is 4.74 Å². The molecule has 0 unspecified atom stereocenters. The van der Waals surface area contributed by atoms with Gasteiger partial charge in [-0.15, -0.1) is 11.8 Å². The highest BCUT2D eigenvalue weighted by Gasteiger charge is 2.01. The summed E-state index contributed by atoms with van der Waals surface area (Å²) in [5, 5.41) is 13.1. The highest BCUT2D eigenvalue weighted by molar-refractivity contribution is 7.99. The summed E-state index contributed by atoms with van der Waals surface area (Å²) in [5.74, 6) is 1.50. The number of hydrogen-bond donors (Lipinski definition) is 1. The molecule has 0 bridgehead atoms. The van der Waals surface area contributed by atoms with E-state index in [4.69, 9.17) is 21.6 Å². The minimum atomic E-state index is -0.163. The maximum absolute atomic E-state index is 11.7. The van der Waals surface area contributed by atoms with Gasteiger partial charge in [0, 0.05) is 10.8 Å². The molecule has 0 radical (unpaired) electrons. The standard InChI is InChI=1S/C18H16ClN3O2S/c19-16-5-1-15(2-6-16)12-25-13-18(23)22-21-11-14-3-7-17(8-4-14)24-10-9-20/h1-8,11H,10,12-13H2,(H,22,23)/b21-11-. The molecule has 0 spiro atoms. The van der Waals surface area contributed by atoms with E-state index >= 15 is 0 Å². The molecule has 25 heavy (non-hydrogen) atoms. The third-order valence-corrected chi connectivity index (χ3v) is 4.26. The number of nitrogens with zero attached hydrogens (tertiary/aromatic N) is 2. The summed E-state index contributed by atoms with van der Waals surface area (Å²) in [6, 6.07) is 16.5. The number of hydrazone groups is 1. The average Bonchev–Trinajstić information content (AvgIpc) is 2.63. The molecular weight excluding hydrogens is 358 g/mol. The van der Waals surface area contributed by atoms with E-state index in [1.54, 1.807) is 30.5 Å². The Morgan fingerprint density at radius 3 is 2.64 bits per heavy atom. The molecule has 0 aromatic heterocycles. The van der Waals surface area contributed by atoms with E-state index in [1.165, 1.54) is 11.8 Å². The molecule has 0 aliphatic rings. The number of nitriles is 1. The molecule has 0 aliphatic carbocycles. The molecule has 1 N–H and O–H groups in total. The summed E-state index contributed by atoms with van der Waals surface area (Å²) < 4.78 is 5.15. The normalized spacial score (nSPS) is 10.4. The smallest absolute Gasteiger partial charge is 0.250 e. The zero-order chi connectivity index (χ0) is 17.9. The minimum absolute atomic E-state index is 0.0111. The monoisotopic (exact) mass is 373 g/mol. The van der Waals surface area contributed by atoms with Crippen LogP contribution in [-0.4, -0.2) is 24.5 Å². The van der Waals surface area contributed by atoms with Crippen molar-refractivity contribution in [1.29, 1.82) is 5.26 Å². The van der Waals surface area contributed by atoms with Crippen molar-refractivity contribution in [2.24, 2.45) is 5.10 Å². The first-order chi connectivity index (χ1) is 12.2. The Balaban J connectivity index is 1.69. The number of benzene rings is 2. The molecule has 0 saturated heterocycles. The van der Waals surface area contributed by atoms with Gasteiger partial charge >= 0.3 is 0 Å². The molecule has 7 heteroatoms. The molecular formula is C18H16ClN3O2S. The van der Waals surface area contributed by atoms with Gasteiger partial charge in [-0.2, -0.15) is 10.4 Å². The second kappa shape index (κ2) is 10.4. The lowest BCUT2D eigenvalue weighted by atomic mass is 10.2. The molecule has 0 atom stereocenters. The van der Waals surface area contributed by atoms with Crippen LogP contribution >= 0.6 is 23.4 Å². The highest BCUT2D eigenvalue weighted by atomic mass is 35.5. The predicted octanol–water partition coefficient (Wildman–Crippen LogP) is 3.63. The number of rotatable bonds is 8. The molecule has 128 valence electrons. The number of ether oxygens (including phenoxy) is 1. The van der Waals surface area contributed by atoms with Crippen LogP contribution < -0.4 is 10.2 Å². The van der Waals surface area contributed by atoms with Crippen molar-refractivity contribution >= 4 is 35.5 Å². The summed E-state index contributed by atoms with van der Waals surface area (Å²) in [7, 11) is 0. The molecule has 2 aromatic rings. The summed E-state index contributed by atoms with van der Waals surface area (Å²) in [6.45, 7) is 0.0111. The van der Waals surface area contributed by atoms with Crippen LogP contribution in [0.25, 0.3) is 0 Å². The third kappa shape index (κ3) is 7.29. The van der Waals surface area contributed by atoms with Crippen LogP contribution in [-0.2, 0) is 10.5 Å². The second-order valence-electron chi connectivity index (χ2n) is 4.93. The molecule has 2 rings (SSSR count). The van der Waals surface area contributed by atoms with Gasteiger partial charge in [0.15, 0.2) is 6.61 Å². The van der Waals surface area contributed by atoms with E-state index in [0.29, 0.717) is 16.5 Å². The van der Waals surface area contributed by atoms with Gasteiger partial charge in [-0.1, -0.05) is 23.7 Å². The van der Waals surface area contributed by atoms with E-state index in [0.717, 1.165) is 16.9 Å². The number of carbonyl (C=O) groups is 1. The van der Waals surface area contributed by atoms with Crippen LogP contribution in [0.3, 0.4) is 0 Å². The molecule has 0 heterocycles. The van der Waals surface area contributed by atoms with Crippen molar-refractivity contribution in [2.45, 2.75) is 5.75 Å². The fourth-order valence-electron chi connectivity index (χ4n) is 1.82. The van der Waals surface area contributed by atoms with Crippen molar-refractivity contribution in [1.82, 2.24) is 5.43 Å². The Morgan fingerprint density at radius 2 is 1.96 bits per heavy atom. The van der Waals surface area contributed by atoms with Crippen molar-refractivity contribution < 1.29 is 9.53 Å². The SMILES string of the molecule is N#CCOc1ccc(/C=N\NC(=O)CSCc2ccc(Cl)cc2)cc1. The summed E-state index contributed by atoms with van der Waals surface area (Å²) >= 11 is 7.33.